The van der Waals surface area contributed by atoms with Crippen LogP contribution in [0.3, 0.4) is 0 Å². The highest BCUT2D eigenvalue weighted by Crippen LogP contribution is 2.28. The van der Waals surface area contributed by atoms with Gasteiger partial charge in [0.1, 0.15) is 5.60 Å². The molecule has 1 unspecified atom stereocenters. The van der Waals surface area contributed by atoms with E-state index in [-0.39, 0.29) is 6.04 Å². The van der Waals surface area contributed by atoms with Crippen molar-refractivity contribution in [3.8, 4) is 0 Å². The van der Waals surface area contributed by atoms with Crippen LogP contribution < -0.4 is 16.0 Å². The SMILES string of the molecule is CCCCC(CNC(=O)OC(C)(C)C)NC(=NC)NCc1ccn(C2CCCC2)n1. The number of guanidine groups is 1. The number of alkyl carbamates (subject to hydrolysis) is 1. The second-order valence-corrected chi connectivity index (χ2v) is 9.02. The van der Waals surface area contributed by atoms with Crippen molar-refractivity contribution in [2.75, 3.05) is 13.6 Å². The molecule has 3 N–H and O–H groups in total. The van der Waals surface area contributed by atoms with Gasteiger partial charge in [-0.1, -0.05) is 32.6 Å². The minimum Gasteiger partial charge on any atom is -0.444 e. The molecule has 0 aliphatic heterocycles. The number of carbonyl (C=O) groups excluding carboxylic acids is 1. The molecule has 2 rings (SSSR count). The van der Waals surface area contributed by atoms with Crippen LogP contribution in [0.4, 0.5) is 4.79 Å². The van der Waals surface area contributed by atoms with Crippen molar-refractivity contribution >= 4 is 12.1 Å². The van der Waals surface area contributed by atoms with E-state index in [0.717, 1.165) is 25.0 Å². The number of unbranched alkanes of at least 4 members (excludes halogenated alkanes) is 1. The Bertz CT molecular complexity index is 673. The fraction of sp³-hybridized carbons (Fsp3) is 0.773. The Kier molecular flexibility index (Phi) is 9.46. The second kappa shape index (κ2) is 11.8. The lowest BCUT2D eigenvalue weighted by atomic mass is 10.1. The van der Waals surface area contributed by atoms with Gasteiger partial charge in [-0.05, 0) is 46.1 Å². The van der Waals surface area contributed by atoms with Gasteiger partial charge in [0.05, 0.1) is 18.3 Å². The van der Waals surface area contributed by atoms with Crippen molar-refractivity contribution < 1.29 is 9.53 Å². The zero-order chi connectivity index (χ0) is 22.0. The lowest BCUT2D eigenvalue weighted by Gasteiger charge is -2.24. The molecule has 1 amide bonds. The molecule has 8 nitrogen and oxygen atoms in total. The van der Waals surface area contributed by atoms with E-state index in [9.17, 15) is 4.79 Å². The number of hydrogen-bond acceptors (Lipinski definition) is 4. The molecule has 1 aromatic rings. The largest absolute Gasteiger partial charge is 0.444 e. The third-order valence-corrected chi connectivity index (χ3v) is 5.16. The number of ether oxygens (including phenoxy) is 1. The summed E-state index contributed by atoms with van der Waals surface area (Å²) in [7, 11) is 1.75. The molecule has 0 radical (unpaired) electrons. The highest BCUT2D eigenvalue weighted by atomic mass is 16.6. The summed E-state index contributed by atoms with van der Waals surface area (Å²) in [6.45, 7) is 8.83. The van der Waals surface area contributed by atoms with E-state index in [4.69, 9.17) is 9.84 Å². The molecule has 8 heteroatoms. The smallest absolute Gasteiger partial charge is 0.407 e. The molecule has 0 spiro atoms. The average Bonchev–Trinajstić information content (AvgIpc) is 3.37. The van der Waals surface area contributed by atoms with Gasteiger partial charge >= 0.3 is 6.09 Å². The van der Waals surface area contributed by atoms with Gasteiger partial charge in [-0.2, -0.15) is 5.10 Å². The van der Waals surface area contributed by atoms with Crippen molar-refractivity contribution in [1.29, 1.82) is 0 Å². The minimum absolute atomic E-state index is 0.0692. The van der Waals surface area contributed by atoms with Crippen molar-refractivity contribution in [3.63, 3.8) is 0 Å². The fourth-order valence-corrected chi connectivity index (χ4v) is 3.60. The van der Waals surface area contributed by atoms with E-state index in [1.54, 1.807) is 7.05 Å². The standard InChI is InChI=1S/C22H40N6O2/c1-6-7-10-17(15-25-21(29)30-22(2,3)4)26-20(23-5)24-16-18-13-14-28(27-18)19-11-8-9-12-19/h13-14,17,19H,6-12,15-16H2,1-5H3,(H,25,29)(H2,23,24,26). The summed E-state index contributed by atoms with van der Waals surface area (Å²) in [5.74, 6) is 0.706. The first-order valence-corrected chi connectivity index (χ1v) is 11.3. The minimum atomic E-state index is -0.504. The highest BCUT2D eigenvalue weighted by molar-refractivity contribution is 5.80. The van der Waals surface area contributed by atoms with Crippen LogP contribution in [0, 0.1) is 0 Å². The summed E-state index contributed by atoms with van der Waals surface area (Å²) in [5.41, 5.74) is 0.498. The Morgan fingerprint density at radius 1 is 1.33 bits per heavy atom. The first kappa shape index (κ1) is 24.0. The number of carbonyl (C=O) groups is 1. The van der Waals surface area contributed by atoms with Crippen LogP contribution in [0.15, 0.2) is 17.3 Å². The molecule has 1 aliphatic carbocycles. The predicted octanol–water partition coefficient (Wildman–Crippen LogP) is 3.75. The van der Waals surface area contributed by atoms with Gasteiger partial charge in [0, 0.05) is 25.8 Å². The molecular weight excluding hydrogens is 380 g/mol. The van der Waals surface area contributed by atoms with E-state index in [0.29, 0.717) is 25.1 Å². The molecule has 1 fully saturated rings. The summed E-state index contributed by atoms with van der Waals surface area (Å²) >= 11 is 0. The Morgan fingerprint density at radius 3 is 2.70 bits per heavy atom. The summed E-state index contributed by atoms with van der Waals surface area (Å²) in [6.07, 6.45) is 9.82. The number of nitrogens with one attached hydrogen (secondary N) is 3. The molecule has 1 saturated carbocycles. The van der Waals surface area contributed by atoms with E-state index in [1.165, 1.54) is 25.7 Å². The van der Waals surface area contributed by atoms with E-state index in [2.05, 4.69) is 44.8 Å². The van der Waals surface area contributed by atoms with Gasteiger partial charge in [-0.25, -0.2) is 4.79 Å². The molecular formula is C22H40N6O2. The number of nitrogens with zero attached hydrogens (tertiary/aromatic N) is 3. The van der Waals surface area contributed by atoms with E-state index in [1.807, 2.05) is 20.8 Å². The third-order valence-electron chi connectivity index (χ3n) is 5.16. The van der Waals surface area contributed by atoms with Crippen LogP contribution in [0.1, 0.15) is 84.4 Å². The van der Waals surface area contributed by atoms with Gasteiger partial charge in [0.2, 0.25) is 0 Å². The zero-order valence-electron chi connectivity index (χ0n) is 19.3. The Balaban J connectivity index is 1.84. The summed E-state index contributed by atoms with van der Waals surface area (Å²) in [5, 5.41) is 14.3. The maximum absolute atomic E-state index is 12.0. The van der Waals surface area contributed by atoms with Crippen LogP contribution in [-0.2, 0) is 11.3 Å². The number of amides is 1. The number of aromatic nitrogens is 2. The highest BCUT2D eigenvalue weighted by Gasteiger charge is 2.19. The molecule has 0 aromatic carbocycles. The lowest BCUT2D eigenvalue weighted by Crippen LogP contribution is -2.48. The van der Waals surface area contributed by atoms with Gasteiger partial charge < -0.3 is 20.7 Å². The maximum atomic E-state index is 12.0. The molecule has 0 bridgehead atoms. The molecule has 0 saturated heterocycles. The Morgan fingerprint density at radius 2 is 2.07 bits per heavy atom. The van der Waals surface area contributed by atoms with Gasteiger partial charge in [-0.15, -0.1) is 0 Å². The summed E-state index contributed by atoms with van der Waals surface area (Å²) in [6, 6.07) is 2.69. The van der Waals surface area contributed by atoms with Crippen LogP contribution in [0.2, 0.25) is 0 Å². The van der Waals surface area contributed by atoms with Crippen LogP contribution in [0.25, 0.3) is 0 Å². The monoisotopic (exact) mass is 420 g/mol. The van der Waals surface area contributed by atoms with Gasteiger partial charge in [0.15, 0.2) is 5.96 Å². The summed E-state index contributed by atoms with van der Waals surface area (Å²) in [4.78, 5) is 16.3. The molecule has 170 valence electrons. The average molecular weight is 421 g/mol. The number of aliphatic imine (C=N–C) groups is 1. The zero-order valence-corrected chi connectivity index (χ0v) is 19.3. The Hall–Kier alpha value is -2.25. The van der Waals surface area contributed by atoms with Crippen molar-refractivity contribution in [2.24, 2.45) is 4.99 Å². The molecule has 1 heterocycles. The van der Waals surface area contributed by atoms with Crippen LogP contribution in [0.5, 0.6) is 0 Å². The van der Waals surface area contributed by atoms with Crippen molar-refractivity contribution in [3.05, 3.63) is 18.0 Å². The number of rotatable bonds is 9. The summed E-state index contributed by atoms with van der Waals surface area (Å²) < 4.78 is 7.45. The second-order valence-electron chi connectivity index (χ2n) is 9.02. The Labute approximate surface area is 181 Å². The molecule has 1 aromatic heterocycles. The van der Waals surface area contributed by atoms with Crippen molar-refractivity contribution in [2.45, 2.75) is 96.9 Å². The van der Waals surface area contributed by atoms with Crippen molar-refractivity contribution in [1.82, 2.24) is 25.7 Å². The fourth-order valence-electron chi connectivity index (χ4n) is 3.60. The van der Waals surface area contributed by atoms with E-state index >= 15 is 0 Å². The normalized spacial score (nSPS) is 16.4. The molecule has 30 heavy (non-hydrogen) atoms. The van der Waals surface area contributed by atoms with E-state index < -0.39 is 11.7 Å². The maximum Gasteiger partial charge on any atom is 0.407 e. The first-order valence-electron chi connectivity index (χ1n) is 11.3. The number of hydrogen-bond donors (Lipinski definition) is 3. The lowest BCUT2D eigenvalue weighted by molar-refractivity contribution is 0.0523. The topological polar surface area (TPSA) is 92.6 Å². The van der Waals surface area contributed by atoms with Crippen LogP contribution in [-0.4, -0.2) is 47.1 Å². The predicted molar refractivity (Wildman–Crippen MR) is 121 cm³/mol. The molecule has 1 atom stereocenters. The van der Waals surface area contributed by atoms with Gasteiger partial charge in [-0.3, -0.25) is 9.67 Å². The van der Waals surface area contributed by atoms with Gasteiger partial charge in [0.25, 0.3) is 0 Å². The molecule has 1 aliphatic rings. The third kappa shape index (κ3) is 8.63. The van der Waals surface area contributed by atoms with Crippen LogP contribution >= 0.6 is 0 Å². The first-order chi connectivity index (χ1) is 14.3. The quantitative estimate of drug-likeness (QED) is 0.418.